The molecular formula is C10H7Cl2NO2. The van der Waals surface area contributed by atoms with E-state index in [0.717, 1.165) is 5.56 Å². The number of halogens is 2. The van der Waals surface area contributed by atoms with Crippen molar-refractivity contribution >= 4 is 41.1 Å². The van der Waals surface area contributed by atoms with Gasteiger partial charge in [-0.2, -0.15) is 0 Å². The van der Waals surface area contributed by atoms with E-state index in [-0.39, 0.29) is 12.3 Å². The van der Waals surface area contributed by atoms with Gasteiger partial charge in [0.15, 0.2) is 0 Å². The number of hydrogen-bond donors (Lipinski definition) is 1. The normalized spacial score (nSPS) is 17.9. The number of benzene rings is 1. The molecule has 0 radical (unpaired) electrons. The van der Waals surface area contributed by atoms with Gasteiger partial charge < -0.3 is 5.11 Å². The molecule has 0 saturated carbocycles. The van der Waals surface area contributed by atoms with E-state index in [0.29, 0.717) is 15.7 Å². The fourth-order valence-electron chi connectivity index (χ4n) is 1.56. The number of carboxylic acids is 1. The number of aliphatic imine (C=N–C) groups is 1. The van der Waals surface area contributed by atoms with Crippen molar-refractivity contribution in [3.63, 3.8) is 0 Å². The van der Waals surface area contributed by atoms with E-state index in [4.69, 9.17) is 28.3 Å². The Morgan fingerprint density at radius 1 is 1.40 bits per heavy atom. The molecule has 1 N–H and O–H groups in total. The number of aliphatic carboxylic acids is 1. The predicted octanol–water partition coefficient (Wildman–Crippen LogP) is 3.27. The standard InChI is InChI=1S/C10H7Cl2NO2/c11-7-2-6-5(1-10(14)15)4-13-9(6)3-8(7)12/h2-5H,1H2,(H,14,15). The van der Waals surface area contributed by atoms with Gasteiger partial charge in [0.1, 0.15) is 0 Å². The van der Waals surface area contributed by atoms with Crippen molar-refractivity contribution in [2.75, 3.05) is 0 Å². The van der Waals surface area contributed by atoms with Gasteiger partial charge in [0.2, 0.25) is 0 Å². The first kappa shape index (κ1) is 10.5. The van der Waals surface area contributed by atoms with Crippen LogP contribution in [0.25, 0.3) is 0 Å². The van der Waals surface area contributed by atoms with Crippen molar-refractivity contribution in [2.24, 2.45) is 4.99 Å². The van der Waals surface area contributed by atoms with Crippen molar-refractivity contribution in [3.05, 3.63) is 27.7 Å². The summed E-state index contributed by atoms with van der Waals surface area (Å²) in [4.78, 5) is 14.7. The lowest BCUT2D eigenvalue weighted by Gasteiger charge is -2.07. The Hall–Kier alpha value is -1.06. The van der Waals surface area contributed by atoms with Crippen molar-refractivity contribution in [1.29, 1.82) is 0 Å². The Bertz CT molecular complexity index is 457. The van der Waals surface area contributed by atoms with Gasteiger partial charge in [-0.1, -0.05) is 23.2 Å². The summed E-state index contributed by atoms with van der Waals surface area (Å²) >= 11 is 11.7. The van der Waals surface area contributed by atoms with E-state index >= 15 is 0 Å². The summed E-state index contributed by atoms with van der Waals surface area (Å²) in [5, 5.41) is 9.56. The average molecular weight is 244 g/mol. The van der Waals surface area contributed by atoms with Crippen LogP contribution in [0.4, 0.5) is 5.69 Å². The molecule has 1 atom stereocenters. The van der Waals surface area contributed by atoms with Crippen LogP contribution in [-0.4, -0.2) is 17.3 Å². The van der Waals surface area contributed by atoms with Gasteiger partial charge in [-0.05, 0) is 17.7 Å². The fraction of sp³-hybridized carbons (Fsp3) is 0.200. The van der Waals surface area contributed by atoms with Crippen molar-refractivity contribution in [3.8, 4) is 0 Å². The second kappa shape index (κ2) is 3.83. The molecule has 0 aliphatic carbocycles. The number of rotatable bonds is 2. The molecule has 1 unspecified atom stereocenters. The van der Waals surface area contributed by atoms with Crippen LogP contribution in [0.2, 0.25) is 10.0 Å². The minimum absolute atomic E-state index is 0.0223. The highest BCUT2D eigenvalue weighted by atomic mass is 35.5. The maximum atomic E-state index is 10.6. The molecule has 1 heterocycles. The second-order valence-corrected chi connectivity index (χ2v) is 4.12. The first-order chi connectivity index (χ1) is 7.08. The molecule has 0 saturated heterocycles. The Morgan fingerprint density at radius 3 is 2.73 bits per heavy atom. The summed E-state index contributed by atoms with van der Waals surface area (Å²) in [7, 11) is 0. The molecule has 1 aliphatic heterocycles. The Kier molecular flexibility index (Phi) is 2.67. The van der Waals surface area contributed by atoms with Gasteiger partial charge in [-0.15, -0.1) is 0 Å². The highest BCUT2D eigenvalue weighted by Crippen LogP contribution is 2.39. The molecule has 2 rings (SSSR count). The minimum Gasteiger partial charge on any atom is -0.481 e. The van der Waals surface area contributed by atoms with Crippen LogP contribution in [0.3, 0.4) is 0 Å². The monoisotopic (exact) mass is 243 g/mol. The summed E-state index contributed by atoms with van der Waals surface area (Å²) in [6.07, 6.45) is 1.64. The fourth-order valence-corrected chi connectivity index (χ4v) is 1.89. The molecular weight excluding hydrogens is 237 g/mol. The summed E-state index contributed by atoms with van der Waals surface area (Å²) in [5.41, 5.74) is 1.53. The molecule has 1 aromatic carbocycles. The van der Waals surface area contributed by atoms with E-state index in [2.05, 4.69) is 4.99 Å². The molecule has 0 bridgehead atoms. The first-order valence-corrected chi connectivity index (χ1v) is 5.08. The maximum Gasteiger partial charge on any atom is 0.304 e. The molecule has 15 heavy (non-hydrogen) atoms. The number of fused-ring (bicyclic) bond motifs is 1. The number of hydrogen-bond acceptors (Lipinski definition) is 2. The second-order valence-electron chi connectivity index (χ2n) is 3.31. The van der Waals surface area contributed by atoms with Crippen LogP contribution < -0.4 is 0 Å². The topological polar surface area (TPSA) is 49.7 Å². The Labute approximate surface area is 96.3 Å². The molecule has 5 heteroatoms. The summed E-state index contributed by atoms with van der Waals surface area (Å²) in [6.45, 7) is 0. The zero-order chi connectivity index (χ0) is 11.0. The van der Waals surface area contributed by atoms with E-state index in [1.54, 1.807) is 18.3 Å². The van der Waals surface area contributed by atoms with E-state index in [1.165, 1.54) is 0 Å². The molecule has 0 fully saturated rings. The van der Waals surface area contributed by atoms with Gasteiger partial charge in [0.05, 0.1) is 22.2 Å². The van der Waals surface area contributed by atoms with Crippen LogP contribution >= 0.6 is 23.2 Å². The summed E-state index contributed by atoms with van der Waals surface area (Å²) < 4.78 is 0. The molecule has 0 aromatic heterocycles. The van der Waals surface area contributed by atoms with Crippen molar-refractivity contribution in [1.82, 2.24) is 0 Å². The van der Waals surface area contributed by atoms with E-state index in [1.807, 2.05) is 0 Å². The zero-order valence-corrected chi connectivity index (χ0v) is 9.09. The highest BCUT2D eigenvalue weighted by molar-refractivity contribution is 6.42. The van der Waals surface area contributed by atoms with Crippen LogP contribution in [0.15, 0.2) is 17.1 Å². The van der Waals surface area contributed by atoms with Gasteiger partial charge in [-0.25, -0.2) is 0 Å². The van der Waals surface area contributed by atoms with Gasteiger partial charge in [0, 0.05) is 12.1 Å². The molecule has 1 aliphatic rings. The zero-order valence-electron chi connectivity index (χ0n) is 7.58. The minimum atomic E-state index is -0.856. The van der Waals surface area contributed by atoms with E-state index < -0.39 is 5.97 Å². The smallest absolute Gasteiger partial charge is 0.304 e. The van der Waals surface area contributed by atoms with E-state index in [9.17, 15) is 4.79 Å². The van der Waals surface area contributed by atoms with Gasteiger partial charge in [-0.3, -0.25) is 9.79 Å². The lowest BCUT2D eigenvalue weighted by atomic mass is 9.98. The van der Waals surface area contributed by atoms with Gasteiger partial charge >= 0.3 is 5.97 Å². The summed E-state index contributed by atoms with van der Waals surface area (Å²) in [6, 6.07) is 3.33. The number of carbonyl (C=O) groups is 1. The SMILES string of the molecule is O=C(O)CC1C=Nc2cc(Cl)c(Cl)cc21. The average Bonchev–Trinajstić information content (AvgIpc) is 2.49. The molecule has 3 nitrogen and oxygen atoms in total. The largest absolute Gasteiger partial charge is 0.481 e. The highest BCUT2D eigenvalue weighted by Gasteiger charge is 2.22. The lowest BCUT2D eigenvalue weighted by molar-refractivity contribution is -0.137. The predicted molar refractivity (Wildman–Crippen MR) is 59.6 cm³/mol. The third-order valence-electron chi connectivity index (χ3n) is 2.26. The molecule has 0 amide bonds. The maximum absolute atomic E-state index is 10.6. The third-order valence-corrected chi connectivity index (χ3v) is 2.98. The van der Waals surface area contributed by atoms with Crippen LogP contribution in [0.5, 0.6) is 0 Å². The number of nitrogens with zero attached hydrogens (tertiary/aromatic N) is 1. The van der Waals surface area contributed by atoms with Crippen molar-refractivity contribution < 1.29 is 9.90 Å². The molecule has 1 aromatic rings. The quantitative estimate of drug-likeness (QED) is 0.867. The molecule has 78 valence electrons. The van der Waals surface area contributed by atoms with Crippen molar-refractivity contribution in [2.45, 2.75) is 12.3 Å². The summed E-state index contributed by atoms with van der Waals surface area (Å²) in [5.74, 6) is -1.06. The van der Waals surface area contributed by atoms with Crippen LogP contribution in [-0.2, 0) is 4.79 Å². The van der Waals surface area contributed by atoms with Gasteiger partial charge in [0.25, 0.3) is 0 Å². The Balaban J connectivity index is 2.38. The Morgan fingerprint density at radius 2 is 2.07 bits per heavy atom. The lowest BCUT2D eigenvalue weighted by Crippen LogP contribution is -2.04. The van der Waals surface area contributed by atoms with Crippen LogP contribution in [0, 0.1) is 0 Å². The van der Waals surface area contributed by atoms with Crippen LogP contribution in [0.1, 0.15) is 17.9 Å². The first-order valence-electron chi connectivity index (χ1n) is 4.33. The third kappa shape index (κ3) is 1.98. The molecule has 0 spiro atoms. The number of carboxylic acid groups (broad SMARTS) is 1.